The fourth-order valence-corrected chi connectivity index (χ4v) is 1.81. The summed E-state index contributed by atoms with van der Waals surface area (Å²) in [5, 5.41) is 8.89. The quantitative estimate of drug-likeness (QED) is 0.734. The Hall–Kier alpha value is -2.74. The highest BCUT2D eigenvalue weighted by Gasteiger charge is 2.06. The summed E-state index contributed by atoms with van der Waals surface area (Å²) >= 11 is 0. The fourth-order valence-electron chi connectivity index (χ4n) is 1.81. The number of ether oxygens (including phenoxy) is 3. The van der Waals surface area contributed by atoms with Crippen molar-refractivity contribution >= 4 is 0 Å². The van der Waals surface area contributed by atoms with Gasteiger partial charge in [-0.25, -0.2) is 4.39 Å². The lowest BCUT2D eigenvalue weighted by molar-refractivity contribution is 0.208. The number of nitrogens with zero attached hydrogens (tertiary/aromatic N) is 1. The van der Waals surface area contributed by atoms with Gasteiger partial charge < -0.3 is 14.2 Å². The molecular weight excluding hydrogens is 285 g/mol. The summed E-state index contributed by atoms with van der Waals surface area (Å²) in [6.45, 7) is 2.97. The van der Waals surface area contributed by atoms with Crippen LogP contribution in [-0.4, -0.2) is 19.8 Å². The van der Waals surface area contributed by atoms with Gasteiger partial charge in [-0.1, -0.05) is 0 Å². The van der Waals surface area contributed by atoms with E-state index in [9.17, 15) is 4.39 Å². The van der Waals surface area contributed by atoms with Crippen LogP contribution in [-0.2, 0) is 0 Å². The van der Waals surface area contributed by atoms with Crippen molar-refractivity contribution in [3.63, 3.8) is 0 Å². The van der Waals surface area contributed by atoms with E-state index in [1.165, 1.54) is 12.1 Å². The van der Waals surface area contributed by atoms with Crippen LogP contribution >= 0.6 is 0 Å². The van der Waals surface area contributed by atoms with E-state index in [-0.39, 0.29) is 5.82 Å². The molecule has 2 aromatic carbocycles. The van der Waals surface area contributed by atoms with Crippen LogP contribution in [0, 0.1) is 17.1 Å². The second-order valence-electron chi connectivity index (χ2n) is 4.36. The second-order valence-corrected chi connectivity index (χ2v) is 4.36. The normalized spacial score (nSPS) is 9.86. The molecule has 5 heteroatoms. The Labute approximate surface area is 128 Å². The first-order chi connectivity index (χ1) is 10.7. The van der Waals surface area contributed by atoms with Crippen molar-refractivity contribution in [1.82, 2.24) is 0 Å². The van der Waals surface area contributed by atoms with Crippen molar-refractivity contribution in [2.45, 2.75) is 6.92 Å². The lowest BCUT2D eigenvalue weighted by atomic mass is 10.2. The van der Waals surface area contributed by atoms with Gasteiger partial charge in [0.15, 0.2) is 11.5 Å². The van der Waals surface area contributed by atoms with Crippen LogP contribution in [0.2, 0.25) is 0 Å². The van der Waals surface area contributed by atoms with E-state index in [1.54, 1.807) is 30.3 Å². The zero-order valence-electron chi connectivity index (χ0n) is 12.2. The smallest absolute Gasteiger partial charge is 0.162 e. The molecule has 2 aromatic rings. The molecule has 0 aromatic heterocycles. The third kappa shape index (κ3) is 4.38. The molecule has 0 saturated carbocycles. The van der Waals surface area contributed by atoms with E-state index in [2.05, 4.69) is 6.07 Å². The summed E-state index contributed by atoms with van der Waals surface area (Å²) in [6.07, 6.45) is 0. The molecule has 0 unspecified atom stereocenters. The average molecular weight is 301 g/mol. The number of rotatable bonds is 7. The number of hydrogen-bond acceptors (Lipinski definition) is 4. The molecule has 0 radical (unpaired) electrons. The first kappa shape index (κ1) is 15.6. The molecular formula is C17H16FNO3. The van der Waals surface area contributed by atoms with Gasteiger partial charge in [0.2, 0.25) is 0 Å². The Bertz CT molecular complexity index is 650. The molecule has 0 heterocycles. The molecule has 22 heavy (non-hydrogen) atoms. The van der Waals surface area contributed by atoms with Gasteiger partial charge in [-0.2, -0.15) is 5.26 Å². The van der Waals surface area contributed by atoms with Crippen LogP contribution in [0.3, 0.4) is 0 Å². The highest BCUT2D eigenvalue weighted by Crippen LogP contribution is 2.28. The highest BCUT2D eigenvalue weighted by molar-refractivity contribution is 5.46. The van der Waals surface area contributed by atoms with Gasteiger partial charge in [-0.05, 0) is 43.3 Å². The molecule has 0 N–H and O–H groups in total. The van der Waals surface area contributed by atoms with Gasteiger partial charge in [-0.15, -0.1) is 0 Å². The van der Waals surface area contributed by atoms with Gasteiger partial charge in [0, 0.05) is 6.07 Å². The van der Waals surface area contributed by atoms with E-state index in [1.807, 2.05) is 6.92 Å². The van der Waals surface area contributed by atoms with Gasteiger partial charge in [-0.3, -0.25) is 0 Å². The Balaban J connectivity index is 1.88. The van der Waals surface area contributed by atoms with Gasteiger partial charge in [0.05, 0.1) is 18.2 Å². The summed E-state index contributed by atoms with van der Waals surface area (Å²) in [7, 11) is 0. The molecule has 0 aliphatic heterocycles. The number of halogens is 1. The van der Waals surface area contributed by atoms with E-state index in [4.69, 9.17) is 19.5 Å². The minimum Gasteiger partial charge on any atom is -0.490 e. The molecule has 0 spiro atoms. The summed E-state index contributed by atoms with van der Waals surface area (Å²) in [5.41, 5.74) is 0.512. The zero-order chi connectivity index (χ0) is 15.8. The fraction of sp³-hybridized carbons (Fsp3) is 0.235. The average Bonchev–Trinajstić information content (AvgIpc) is 2.54. The highest BCUT2D eigenvalue weighted by atomic mass is 19.1. The van der Waals surface area contributed by atoms with E-state index < -0.39 is 0 Å². The molecule has 0 aliphatic carbocycles. The molecule has 2 rings (SSSR count). The Morgan fingerprint density at radius 1 is 0.955 bits per heavy atom. The van der Waals surface area contributed by atoms with Crippen LogP contribution in [0.1, 0.15) is 12.5 Å². The van der Waals surface area contributed by atoms with Crippen LogP contribution in [0.15, 0.2) is 42.5 Å². The monoisotopic (exact) mass is 301 g/mol. The Morgan fingerprint density at radius 3 is 2.36 bits per heavy atom. The first-order valence-electron chi connectivity index (χ1n) is 6.91. The lowest BCUT2D eigenvalue weighted by Crippen LogP contribution is -2.10. The van der Waals surface area contributed by atoms with Gasteiger partial charge in [0.1, 0.15) is 24.8 Å². The summed E-state index contributed by atoms with van der Waals surface area (Å²) < 4.78 is 29.3. The molecule has 0 amide bonds. The molecule has 0 atom stereocenters. The third-order valence-electron chi connectivity index (χ3n) is 2.80. The maximum Gasteiger partial charge on any atom is 0.162 e. The zero-order valence-corrected chi connectivity index (χ0v) is 12.2. The predicted molar refractivity (Wildman–Crippen MR) is 79.7 cm³/mol. The summed E-state index contributed by atoms with van der Waals surface area (Å²) in [6, 6.07) is 12.8. The summed E-state index contributed by atoms with van der Waals surface area (Å²) in [5.74, 6) is 1.37. The SMILES string of the molecule is CCOc1cc(C#N)ccc1OCCOc1ccc(F)cc1. The van der Waals surface area contributed by atoms with E-state index in [0.29, 0.717) is 42.6 Å². The predicted octanol–water partition coefficient (Wildman–Crippen LogP) is 3.55. The van der Waals surface area contributed by atoms with Crippen LogP contribution in [0.5, 0.6) is 17.2 Å². The Morgan fingerprint density at radius 2 is 1.68 bits per heavy atom. The van der Waals surface area contributed by atoms with Crippen molar-refractivity contribution < 1.29 is 18.6 Å². The van der Waals surface area contributed by atoms with Crippen LogP contribution in [0.4, 0.5) is 4.39 Å². The first-order valence-corrected chi connectivity index (χ1v) is 6.91. The minimum absolute atomic E-state index is 0.303. The number of benzene rings is 2. The number of hydrogen-bond donors (Lipinski definition) is 0. The molecule has 114 valence electrons. The minimum atomic E-state index is -0.303. The maximum absolute atomic E-state index is 12.8. The third-order valence-corrected chi connectivity index (χ3v) is 2.80. The Kier molecular flexibility index (Phi) is 5.61. The van der Waals surface area contributed by atoms with Crippen molar-refractivity contribution in [2.75, 3.05) is 19.8 Å². The van der Waals surface area contributed by atoms with Crippen molar-refractivity contribution in [2.24, 2.45) is 0 Å². The maximum atomic E-state index is 12.8. The molecule has 0 bridgehead atoms. The van der Waals surface area contributed by atoms with E-state index in [0.717, 1.165) is 0 Å². The van der Waals surface area contributed by atoms with Crippen molar-refractivity contribution in [3.8, 4) is 23.3 Å². The lowest BCUT2D eigenvalue weighted by Gasteiger charge is -2.12. The second kappa shape index (κ2) is 7.89. The molecule has 0 aliphatic rings. The van der Waals surface area contributed by atoms with Crippen molar-refractivity contribution in [3.05, 3.63) is 53.8 Å². The van der Waals surface area contributed by atoms with Crippen LogP contribution in [0.25, 0.3) is 0 Å². The molecule has 0 fully saturated rings. The largest absolute Gasteiger partial charge is 0.490 e. The van der Waals surface area contributed by atoms with Crippen molar-refractivity contribution in [1.29, 1.82) is 5.26 Å². The molecule has 0 saturated heterocycles. The van der Waals surface area contributed by atoms with Crippen LogP contribution < -0.4 is 14.2 Å². The van der Waals surface area contributed by atoms with Gasteiger partial charge in [0.25, 0.3) is 0 Å². The topological polar surface area (TPSA) is 51.5 Å². The molecule has 4 nitrogen and oxygen atoms in total. The van der Waals surface area contributed by atoms with Gasteiger partial charge >= 0.3 is 0 Å². The van der Waals surface area contributed by atoms with E-state index >= 15 is 0 Å². The summed E-state index contributed by atoms with van der Waals surface area (Å²) in [4.78, 5) is 0. The number of nitriles is 1. The standard InChI is InChI=1S/C17H16FNO3/c1-2-20-17-11-13(12-19)3-8-16(17)22-10-9-21-15-6-4-14(18)5-7-15/h3-8,11H,2,9-10H2,1H3.